The van der Waals surface area contributed by atoms with E-state index in [1.54, 1.807) is 37.4 Å². The number of methoxy groups -OCH3 is 2. The van der Waals surface area contributed by atoms with Crippen LogP contribution in [-0.2, 0) is 0 Å². The first-order chi connectivity index (χ1) is 12.0. The van der Waals surface area contributed by atoms with Gasteiger partial charge in [-0.3, -0.25) is 4.79 Å². The van der Waals surface area contributed by atoms with Gasteiger partial charge < -0.3 is 20.1 Å². The summed E-state index contributed by atoms with van der Waals surface area (Å²) < 4.78 is 10.4. The molecule has 2 aromatic rings. The number of hydrogen-bond acceptors (Lipinski definition) is 6. The molecule has 0 fully saturated rings. The topological polar surface area (TPSA) is 85.4 Å². The molecule has 0 saturated carbocycles. The van der Waals surface area contributed by atoms with Crippen LogP contribution in [0.15, 0.2) is 30.3 Å². The van der Waals surface area contributed by atoms with Crippen LogP contribution in [0.4, 0.5) is 11.5 Å². The molecule has 0 atom stereocenters. The predicted molar refractivity (Wildman–Crippen MR) is 97.5 cm³/mol. The van der Waals surface area contributed by atoms with E-state index in [2.05, 4.69) is 34.7 Å². The third kappa shape index (κ3) is 5.34. The highest BCUT2D eigenvalue weighted by molar-refractivity contribution is 6.03. The van der Waals surface area contributed by atoms with Gasteiger partial charge in [0.15, 0.2) is 5.69 Å². The van der Waals surface area contributed by atoms with Gasteiger partial charge in [0.1, 0.15) is 17.3 Å². The third-order valence-electron chi connectivity index (χ3n) is 3.58. The average molecular weight is 344 g/mol. The molecule has 0 bridgehead atoms. The van der Waals surface area contributed by atoms with E-state index in [0.29, 0.717) is 28.9 Å². The zero-order chi connectivity index (χ0) is 18.2. The molecule has 1 amide bonds. The maximum Gasteiger partial charge on any atom is 0.276 e. The summed E-state index contributed by atoms with van der Waals surface area (Å²) in [5.74, 6) is 2.06. The molecule has 0 aliphatic heterocycles. The van der Waals surface area contributed by atoms with Gasteiger partial charge in [-0.25, -0.2) is 0 Å². The summed E-state index contributed by atoms with van der Waals surface area (Å²) in [4.78, 5) is 12.3. The van der Waals surface area contributed by atoms with Crippen LogP contribution in [0.3, 0.4) is 0 Å². The predicted octanol–water partition coefficient (Wildman–Crippen LogP) is 3.20. The van der Waals surface area contributed by atoms with E-state index >= 15 is 0 Å². The molecule has 7 nitrogen and oxygen atoms in total. The van der Waals surface area contributed by atoms with E-state index in [4.69, 9.17) is 9.47 Å². The van der Waals surface area contributed by atoms with E-state index in [0.717, 1.165) is 13.0 Å². The molecule has 0 radical (unpaired) electrons. The van der Waals surface area contributed by atoms with Gasteiger partial charge in [0.25, 0.3) is 5.91 Å². The Hall–Kier alpha value is -2.83. The fourth-order valence-electron chi connectivity index (χ4n) is 2.12. The zero-order valence-corrected chi connectivity index (χ0v) is 15.0. The number of nitrogens with one attached hydrogen (secondary N) is 2. The Balaban J connectivity index is 2.01. The highest BCUT2D eigenvalue weighted by Gasteiger charge is 2.12. The molecule has 1 aromatic carbocycles. The highest BCUT2D eigenvalue weighted by atomic mass is 16.5. The number of carbonyl (C=O) groups is 1. The molecular weight excluding hydrogens is 320 g/mol. The van der Waals surface area contributed by atoms with E-state index in [1.165, 1.54) is 7.11 Å². The molecule has 25 heavy (non-hydrogen) atoms. The van der Waals surface area contributed by atoms with Gasteiger partial charge in [-0.2, -0.15) is 0 Å². The zero-order valence-electron chi connectivity index (χ0n) is 15.0. The van der Waals surface area contributed by atoms with Crippen molar-refractivity contribution in [1.29, 1.82) is 0 Å². The van der Waals surface area contributed by atoms with Gasteiger partial charge in [-0.15, -0.1) is 10.2 Å². The first-order valence-corrected chi connectivity index (χ1v) is 8.14. The van der Waals surface area contributed by atoms with Crippen LogP contribution in [0.25, 0.3) is 0 Å². The largest absolute Gasteiger partial charge is 0.497 e. The number of aromatic nitrogens is 2. The van der Waals surface area contributed by atoms with Crippen LogP contribution in [0.1, 0.15) is 30.8 Å². The first-order valence-electron chi connectivity index (χ1n) is 8.14. The van der Waals surface area contributed by atoms with Crippen LogP contribution in [-0.4, -0.2) is 36.9 Å². The maximum atomic E-state index is 12.3. The average Bonchev–Trinajstić information content (AvgIpc) is 2.62. The first kappa shape index (κ1) is 18.5. The number of carbonyl (C=O) groups excluding carboxylic acids is 1. The van der Waals surface area contributed by atoms with Crippen molar-refractivity contribution in [2.45, 2.75) is 20.3 Å². The van der Waals surface area contributed by atoms with Crippen LogP contribution >= 0.6 is 0 Å². The molecule has 0 aliphatic rings. The monoisotopic (exact) mass is 344 g/mol. The summed E-state index contributed by atoms with van der Waals surface area (Å²) >= 11 is 0. The Morgan fingerprint density at radius 2 is 1.92 bits per heavy atom. The van der Waals surface area contributed by atoms with Crippen molar-refractivity contribution >= 4 is 17.4 Å². The van der Waals surface area contributed by atoms with Gasteiger partial charge in [0, 0.05) is 12.6 Å². The molecule has 7 heteroatoms. The number of ether oxygens (including phenoxy) is 2. The number of hydrogen-bond donors (Lipinski definition) is 2. The van der Waals surface area contributed by atoms with Crippen LogP contribution in [0.2, 0.25) is 0 Å². The SMILES string of the molecule is COc1ccc(NC(=O)c2ccc(NCCC(C)C)nn2)c(OC)c1. The normalized spacial score (nSPS) is 10.4. The number of rotatable bonds is 8. The molecule has 2 rings (SSSR count). The Morgan fingerprint density at radius 3 is 2.52 bits per heavy atom. The van der Waals surface area contributed by atoms with Gasteiger partial charge in [0.2, 0.25) is 0 Å². The molecule has 0 aliphatic carbocycles. The lowest BCUT2D eigenvalue weighted by Gasteiger charge is -2.11. The fraction of sp³-hybridized carbons (Fsp3) is 0.389. The molecule has 0 spiro atoms. The van der Waals surface area contributed by atoms with Crippen molar-refractivity contribution in [3.63, 3.8) is 0 Å². The lowest BCUT2D eigenvalue weighted by Crippen LogP contribution is -2.15. The van der Waals surface area contributed by atoms with E-state index < -0.39 is 0 Å². The van der Waals surface area contributed by atoms with Crippen LogP contribution in [0, 0.1) is 5.92 Å². The Morgan fingerprint density at radius 1 is 1.12 bits per heavy atom. The fourth-order valence-corrected chi connectivity index (χ4v) is 2.12. The Labute approximate surface area is 147 Å². The summed E-state index contributed by atoms with van der Waals surface area (Å²) in [5, 5.41) is 14.0. The lowest BCUT2D eigenvalue weighted by atomic mass is 10.1. The van der Waals surface area contributed by atoms with Crippen molar-refractivity contribution in [2.75, 3.05) is 31.4 Å². The van der Waals surface area contributed by atoms with E-state index in [-0.39, 0.29) is 11.6 Å². The molecule has 1 aromatic heterocycles. The number of benzene rings is 1. The summed E-state index contributed by atoms with van der Waals surface area (Å²) in [5.41, 5.74) is 0.765. The molecule has 2 N–H and O–H groups in total. The van der Waals surface area contributed by atoms with Gasteiger partial charge >= 0.3 is 0 Å². The standard InChI is InChI=1S/C18H24N4O3/c1-12(2)9-10-19-17-8-7-15(21-22-17)18(23)20-14-6-5-13(24-3)11-16(14)25-4/h5-8,11-12H,9-10H2,1-4H3,(H,19,22)(H,20,23). The van der Waals surface area contributed by atoms with E-state index in [9.17, 15) is 4.79 Å². The maximum absolute atomic E-state index is 12.3. The third-order valence-corrected chi connectivity index (χ3v) is 3.58. The second-order valence-electron chi connectivity index (χ2n) is 5.93. The van der Waals surface area contributed by atoms with Gasteiger partial charge in [0.05, 0.1) is 19.9 Å². The molecule has 0 saturated heterocycles. The minimum atomic E-state index is -0.357. The molecular formula is C18H24N4O3. The second kappa shape index (κ2) is 8.86. The quantitative estimate of drug-likeness (QED) is 0.765. The summed E-state index contributed by atoms with van der Waals surface area (Å²) in [6.07, 6.45) is 1.04. The van der Waals surface area contributed by atoms with Gasteiger partial charge in [-0.1, -0.05) is 13.8 Å². The van der Waals surface area contributed by atoms with Gasteiger partial charge in [-0.05, 0) is 36.6 Å². The number of nitrogens with zero attached hydrogens (tertiary/aromatic N) is 2. The van der Waals surface area contributed by atoms with Crippen molar-refractivity contribution in [2.24, 2.45) is 5.92 Å². The molecule has 1 heterocycles. The van der Waals surface area contributed by atoms with Crippen molar-refractivity contribution in [3.8, 4) is 11.5 Å². The lowest BCUT2D eigenvalue weighted by molar-refractivity contribution is 0.102. The Bertz CT molecular complexity index is 702. The molecule has 0 unspecified atom stereocenters. The van der Waals surface area contributed by atoms with Crippen LogP contribution < -0.4 is 20.1 Å². The number of anilines is 2. The minimum Gasteiger partial charge on any atom is -0.497 e. The minimum absolute atomic E-state index is 0.229. The number of amides is 1. The van der Waals surface area contributed by atoms with Crippen LogP contribution in [0.5, 0.6) is 11.5 Å². The van der Waals surface area contributed by atoms with Crippen molar-refractivity contribution in [3.05, 3.63) is 36.0 Å². The smallest absolute Gasteiger partial charge is 0.276 e. The Kier molecular flexibility index (Phi) is 6.56. The summed E-state index contributed by atoms with van der Waals surface area (Å²) in [7, 11) is 3.10. The second-order valence-corrected chi connectivity index (χ2v) is 5.93. The van der Waals surface area contributed by atoms with Crippen molar-refractivity contribution < 1.29 is 14.3 Å². The van der Waals surface area contributed by atoms with E-state index in [1.807, 2.05) is 0 Å². The summed E-state index contributed by atoms with van der Waals surface area (Å²) in [6, 6.07) is 8.53. The highest BCUT2D eigenvalue weighted by Crippen LogP contribution is 2.29. The van der Waals surface area contributed by atoms with Crippen molar-refractivity contribution in [1.82, 2.24) is 10.2 Å². The molecule has 134 valence electrons. The summed E-state index contributed by atoms with van der Waals surface area (Å²) in [6.45, 7) is 5.14.